The van der Waals surface area contributed by atoms with Gasteiger partial charge in [0.05, 0.1) is 6.04 Å². The van der Waals surface area contributed by atoms with E-state index < -0.39 is 0 Å². The number of nitrogens with one attached hydrogen (secondary N) is 1. The van der Waals surface area contributed by atoms with E-state index in [0.717, 1.165) is 25.7 Å². The second-order valence-electron chi connectivity index (χ2n) is 5.36. The predicted molar refractivity (Wildman–Crippen MR) is 72.9 cm³/mol. The number of nitrogens with two attached hydrogens (primary N) is 1. The smallest absolute Gasteiger partial charge is 0.223 e. The lowest BCUT2D eigenvalue weighted by Crippen LogP contribution is -2.37. The predicted octanol–water partition coefficient (Wildman–Crippen LogP) is 2.52. The van der Waals surface area contributed by atoms with Gasteiger partial charge >= 0.3 is 0 Å². The maximum atomic E-state index is 13.6. The molecule has 0 heterocycles. The second-order valence-corrected chi connectivity index (χ2v) is 5.36. The zero-order chi connectivity index (χ0) is 13.8. The van der Waals surface area contributed by atoms with E-state index in [0.29, 0.717) is 5.56 Å². The van der Waals surface area contributed by atoms with Crippen molar-refractivity contribution < 1.29 is 9.18 Å². The molecular weight excluding hydrogens is 243 g/mol. The fourth-order valence-corrected chi connectivity index (χ4v) is 2.62. The summed E-state index contributed by atoms with van der Waals surface area (Å²) >= 11 is 0. The van der Waals surface area contributed by atoms with Crippen molar-refractivity contribution >= 4 is 5.91 Å². The Morgan fingerprint density at radius 3 is 2.58 bits per heavy atom. The number of rotatable bonds is 3. The molecule has 4 heteroatoms. The Hall–Kier alpha value is -1.42. The lowest BCUT2D eigenvalue weighted by Gasteiger charge is -2.26. The van der Waals surface area contributed by atoms with Crippen LogP contribution in [0.5, 0.6) is 0 Å². The van der Waals surface area contributed by atoms with Crippen molar-refractivity contribution in [2.45, 2.75) is 44.7 Å². The molecule has 1 aliphatic carbocycles. The number of hydrogen-bond acceptors (Lipinski definition) is 2. The molecule has 3 N–H and O–H groups in total. The highest BCUT2D eigenvalue weighted by atomic mass is 19.1. The van der Waals surface area contributed by atoms with Crippen LogP contribution in [0.3, 0.4) is 0 Å². The van der Waals surface area contributed by atoms with Crippen LogP contribution in [0, 0.1) is 11.7 Å². The van der Waals surface area contributed by atoms with Crippen molar-refractivity contribution in [3.63, 3.8) is 0 Å². The first-order valence-electron chi connectivity index (χ1n) is 6.88. The summed E-state index contributed by atoms with van der Waals surface area (Å²) in [5.74, 6) is -0.238. The third kappa shape index (κ3) is 3.53. The highest BCUT2D eigenvalue weighted by Crippen LogP contribution is 2.24. The second kappa shape index (κ2) is 6.15. The Kier molecular flexibility index (Phi) is 4.53. The third-order valence-electron chi connectivity index (χ3n) is 3.87. The van der Waals surface area contributed by atoms with Gasteiger partial charge in [0, 0.05) is 17.5 Å². The average Bonchev–Trinajstić information content (AvgIpc) is 2.39. The standard InChI is InChI=1S/C15H21FN2O/c1-10(13-4-2-3-5-14(13)16)18-15(19)11-6-8-12(17)9-7-11/h2-5,10-12H,6-9,17H2,1H3,(H,18,19). The first-order chi connectivity index (χ1) is 9.08. The quantitative estimate of drug-likeness (QED) is 0.881. The van der Waals surface area contributed by atoms with E-state index in [1.807, 2.05) is 6.92 Å². The Balaban J connectivity index is 1.94. The van der Waals surface area contributed by atoms with Gasteiger partial charge in [0.15, 0.2) is 0 Å². The van der Waals surface area contributed by atoms with Crippen LogP contribution >= 0.6 is 0 Å². The molecule has 0 saturated heterocycles. The van der Waals surface area contributed by atoms with Gasteiger partial charge < -0.3 is 11.1 Å². The number of carbonyl (C=O) groups excluding carboxylic acids is 1. The summed E-state index contributed by atoms with van der Waals surface area (Å²) in [4.78, 5) is 12.1. The maximum Gasteiger partial charge on any atom is 0.223 e. The minimum atomic E-state index is -0.302. The minimum Gasteiger partial charge on any atom is -0.349 e. The number of benzene rings is 1. The van der Waals surface area contributed by atoms with Crippen LogP contribution in [0.15, 0.2) is 24.3 Å². The Bertz CT molecular complexity index is 442. The molecule has 1 unspecified atom stereocenters. The summed E-state index contributed by atoms with van der Waals surface area (Å²) in [5, 5.41) is 2.90. The van der Waals surface area contributed by atoms with Crippen molar-refractivity contribution in [2.24, 2.45) is 11.7 Å². The van der Waals surface area contributed by atoms with Gasteiger partial charge in [-0.05, 0) is 38.7 Å². The van der Waals surface area contributed by atoms with Gasteiger partial charge in [-0.1, -0.05) is 18.2 Å². The molecule has 0 bridgehead atoms. The Morgan fingerprint density at radius 1 is 1.32 bits per heavy atom. The van der Waals surface area contributed by atoms with E-state index >= 15 is 0 Å². The summed E-state index contributed by atoms with van der Waals surface area (Å²) < 4.78 is 13.6. The van der Waals surface area contributed by atoms with Crippen molar-refractivity contribution in [3.8, 4) is 0 Å². The van der Waals surface area contributed by atoms with E-state index in [2.05, 4.69) is 5.32 Å². The number of halogens is 1. The van der Waals surface area contributed by atoms with Crippen LogP contribution in [-0.2, 0) is 4.79 Å². The van der Waals surface area contributed by atoms with Crippen LogP contribution in [0.1, 0.15) is 44.2 Å². The van der Waals surface area contributed by atoms with Gasteiger partial charge in [0.2, 0.25) is 5.91 Å². The van der Waals surface area contributed by atoms with Gasteiger partial charge in [0.25, 0.3) is 0 Å². The number of hydrogen-bond donors (Lipinski definition) is 2. The van der Waals surface area contributed by atoms with Gasteiger partial charge in [-0.25, -0.2) is 4.39 Å². The molecule has 3 nitrogen and oxygen atoms in total. The molecule has 19 heavy (non-hydrogen) atoms. The van der Waals surface area contributed by atoms with Gasteiger partial charge in [-0.3, -0.25) is 4.79 Å². The van der Waals surface area contributed by atoms with Crippen molar-refractivity contribution in [1.82, 2.24) is 5.32 Å². The van der Waals surface area contributed by atoms with E-state index in [1.165, 1.54) is 6.07 Å². The molecule has 0 spiro atoms. The highest BCUT2D eigenvalue weighted by Gasteiger charge is 2.25. The zero-order valence-electron chi connectivity index (χ0n) is 11.2. The van der Waals surface area contributed by atoms with Crippen LogP contribution in [0.4, 0.5) is 4.39 Å². The topological polar surface area (TPSA) is 55.1 Å². The molecule has 2 rings (SSSR count). The van der Waals surface area contributed by atoms with Crippen molar-refractivity contribution in [2.75, 3.05) is 0 Å². The molecule has 1 atom stereocenters. The lowest BCUT2D eigenvalue weighted by atomic mass is 9.85. The molecular formula is C15H21FN2O. The fourth-order valence-electron chi connectivity index (χ4n) is 2.62. The van der Waals surface area contributed by atoms with Gasteiger partial charge in [0.1, 0.15) is 5.82 Å². The van der Waals surface area contributed by atoms with E-state index in [9.17, 15) is 9.18 Å². The van der Waals surface area contributed by atoms with Crippen LogP contribution in [0.2, 0.25) is 0 Å². The van der Waals surface area contributed by atoms with Crippen LogP contribution in [0.25, 0.3) is 0 Å². The minimum absolute atomic E-state index is 0.0163. The van der Waals surface area contributed by atoms with Gasteiger partial charge in [-0.2, -0.15) is 0 Å². The SMILES string of the molecule is CC(NC(=O)C1CCC(N)CC1)c1ccccc1F. The molecule has 1 aromatic rings. The summed E-state index contributed by atoms with van der Waals surface area (Å²) in [6.45, 7) is 1.81. The summed E-state index contributed by atoms with van der Waals surface area (Å²) in [5.41, 5.74) is 6.36. The monoisotopic (exact) mass is 264 g/mol. The summed E-state index contributed by atoms with van der Waals surface area (Å²) in [6, 6.07) is 6.47. The van der Waals surface area contributed by atoms with Gasteiger partial charge in [-0.15, -0.1) is 0 Å². The first kappa shape index (κ1) is 14.0. The van der Waals surface area contributed by atoms with E-state index in [1.54, 1.807) is 18.2 Å². The normalized spacial score (nSPS) is 24.8. The lowest BCUT2D eigenvalue weighted by molar-refractivity contribution is -0.126. The summed E-state index contributed by atoms with van der Waals surface area (Å²) in [6.07, 6.45) is 3.45. The zero-order valence-corrected chi connectivity index (χ0v) is 11.2. The Labute approximate surface area is 113 Å². The highest BCUT2D eigenvalue weighted by molar-refractivity contribution is 5.79. The van der Waals surface area contributed by atoms with Crippen LogP contribution in [-0.4, -0.2) is 11.9 Å². The first-order valence-corrected chi connectivity index (χ1v) is 6.88. The molecule has 0 aliphatic heterocycles. The largest absolute Gasteiger partial charge is 0.349 e. The van der Waals surface area contributed by atoms with E-state index in [4.69, 9.17) is 5.73 Å². The number of carbonyl (C=O) groups is 1. The molecule has 0 radical (unpaired) electrons. The van der Waals surface area contributed by atoms with Crippen molar-refractivity contribution in [1.29, 1.82) is 0 Å². The molecule has 1 fully saturated rings. The molecule has 1 amide bonds. The number of amides is 1. The molecule has 104 valence electrons. The molecule has 1 aromatic carbocycles. The van der Waals surface area contributed by atoms with Crippen molar-refractivity contribution in [3.05, 3.63) is 35.6 Å². The maximum absolute atomic E-state index is 13.6. The van der Waals surface area contributed by atoms with Crippen LogP contribution < -0.4 is 11.1 Å². The fraction of sp³-hybridized carbons (Fsp3) is 0.533. The third-order valence-corrected chi connectivity index (χ3v) is 3.87. The molecule has 1 aliphatic rings. The molecule has 0 aromatic heterocycles. The summed E-state index contributed by atoms with van der Waals surface area (Å²) in [7, 11) is 0. The Morgan fingerprint density at radius 2 is 1.95 bits per heavy atom. The van der Waals surface area contributed by atoms with E-state index in [-0.39, 0.29) is 29.7 Å². The average molecular weight is 264 g/mol. The molecule has 1 saturated carbocycles.